The molecule has 0 radical (unpaired) electrons. The fourth-order valence-electron chi connectivity index (χ4n) is 0.602. The zero-order valence-electron chi connectivity index (χ0n) is 6.96. The number of carboxylic acid groups (broad SMARTS) is 1. The van der Waals surface area contributed by atoms with E-state index in [1.165, 1.54) is 0 Å². The highest BCUT2D eigenvalue weighted by Crippen LogP contribution is 2.06. The normalized spacial score (nSPS) is 12.5. The summed E-state index contributed by atoms with van der Waals surface area (Å²) >= 11 is 0. The van der Waals surface area contributed by atoms with E-state index in [0.29, 0.717) is 12.8 Å². The molecule has 0 aliphatic carbocycles. The van der Waals surface area contributed by atoms with Crippen molar-refractivity contribution in [3.05, 3.63) is 12.2 Å². The molecule has 3 heteroatoms. The summed E-state index contributed by atoms with van der Waals surface area (Å²) in [4.78, 5) is 10.3. The molecule has 1 unspecified atom stereocenters. The van der Waals surface area contributed by atoms with Crippen molar-refractivity contribution in [1.82, 2.24) is 0 Å². The number of carboxylic acids is 1. The van der Waals surface area contributed by atoms with Gasteiger partial charge < -0.3 is 9.84 Å². The molecule has 0 aromatic carbocycles. The van der Waals surface area contributed by atoms with Crippen LogP contribution in [-0.4, -0.2) is 24.3 Å². The highest BCUT2D eigenvalue weighted by Gasteiger charge is 2.06. The van der Waals surface area contributed by atoms with E-state index in [1.54, 1.807) is 7.11 Å². The molecule has 11 heavy (non-hydrogen) atoms. The van der Waals surface area contributed by atoms with Gasteiger partial charge in [-0.15, -0.1) is 0 Å². The van der Waals surface area contributed by atoms with Crippen molar-refractivity contribution in [3.8, 4) is 0 Å². The lowest BCUT2D eigenvalue weighted by atomic mass is 10.1. The Morgan fingerprint density at radius 2 is 2.27 bits per heavy atom. The first kappa shape index (κ1) is 10.2. The zero-order valence-corrected chi connectivity index (χ0v) is 6.96. The molecule has 0 aliphatic rings. The van der Waals surface area contributed by atoms with E-state index in [-0.39, 0.29) is 11.7 Å². The summed E-state index contributed by atoms with van der Waals surface area (Å²) in [5, 5.41) is 8.43. The molecule has 3 nitrogen and oxygen atoms in total. The predicted molar refractivity (Wildman–Crippen MR) is 42.5 cm³/mol. The second-order valence-corrected chi connectivity index (χ2v) is 2.49. The molecule has 0 rings (SSSR count). The number of aliphatic carboxylic acids is 1. The first-order chi connectivity index (χ1) is 5.07. The van der Waals surface area contributed by atoms with Gasteiger partial charge in [0.05, 0.1) is 6.10 Å². The van der Waals surface area contributed by atoms with Crippen LogP contribution in [0.15, 0.2) is 12.2 Å². The largest absolute Gasteiger partial charge is 0.478 e. The van der Waals surface area contributed by atoms with Crippen LogP contribution in [0.4, 0.5) is 0 Å². The minimum absolute atomic E-state index is 0.103. The first-order valence-corrected chi connectivity index (χ1v) is 3.51. The number of methoxy groups -OCH3 is 1. The van der Waals surface area contributed by atoms with Gasteiger partial charge in [-0.3, -0.25) is 0 Å². The third kappa shape index (κ3) is 4.56. The van der Waals surface area contributed by atoms with E-state index in [4.69, 9.17) is 9.84 Å². The summed E-state index contributed by atoms with van der Waals surface area (Å²) in [6, 6.07) is 0. The van der Waals surface area contributed by atoms with Gasteiger partial charge >= 0.3 is 5.97 Å². The van der Waals surface area contributed by atoms with Crippen LogP contribution in [0.3, 0.4) is 0 Å². The number of ether oxygens (including phenoxy) is 1. The van der Waals surface area contributed by atoms with Crippen molar-refractivity contribution in [2.45, 2.75) is 25.9 Å². The fourth-order valence-corrected chi connectivity index (χ4v) is 0.602. The summed E-state index contributed by atoms with van der Waals surface area (Å²) < 4.78 is 4.95. The molecular weight excluding hydrogens is 144 g/mol. The minimum atomic E-state index is -0.923. The SMILES string of the molecule is C=C(CCC(C)OC)C(=O)O. The molecule has 0 amide bonds. The third-order valence-electron chi connectivity index (χ3n) is 1.56. The van der Waals surface area contributed by atoms with E-state index in [0.717, 1.165) is 0 Å². The lowest BCUT2D eigenvalue weighted by Crippen LogP contribution is -2.07. The van der Waals surface area contributed by atoms with Crippen LogP contribution in [0.1, 0.15) is 19.8 Å². The van der Waals surface area contributed by atoms with E-state index in [9.17, 15) is 4.79 Å². The summed E-state index contributed by atoms with van der Waals surface area (Å²) in [7, 11) is 1.61. The summed E-state index contributed by atoms with van der Waals surface area (Å²) in [6.07, 6.45) is 1.30. The van der Waals surface area contributed by atoms with Crippen LogP contribution in [0.25, 0.3) is 0 Å². The molecule has 0 bridgehead atoms. The topological polar surface area (TPSA) is 46.5 Å². The first-order valence-electron chi connectivity index (χ1n) is 3.51. The zero-order chi connectivity index (χ0) is 8.85. The fraction of sp³-hybridized carbons (Fsp3) is 0.625. The molecule has 0 saturated carbocycles. The average molecular weight is 158 g/mol. The van der Waals surface area contributed by atoms with Crippen LogP contribution in [0.5, 0.6) is 0 Å². The molecule has 1 N–H and O–H groups in total. The Balaban J connectivity index is 3.54. The molecule has 0 spiro atoms. The van der Waals surface area contributed by atoms with Crippen LogP contribution in [0, 0.1) is 0 Å². The molecule has 0 aromatic rings. The van der Waals surface area contributed by atoms with Crippen LogP contribution in [0.2, 0.25) is 0 Å². The second kappa shape index (κ2) is 4.91. The molecule has 0 aliphatic heterocycles. The molecule has 0 fully saturated rings. The number of hydrogen-bond acceptors (Lipinski definition) is 2. The summed E-state index contributed by atoms with van der Waals surface area (Å²) in [6.45, 7) is 5.30. The van der Waals surface area contributed by atoms with Gasteiger partial charge in [0.2, 0.25) is 0 Å². The van der Waals surface area contributed by atoms with E-state index < -0.39 is 5.97 Å². The van der Waals surface area contributed by atoms with Crippen LogP contribution in [-0.2, 0) is 9.53 Å². The lowest BCUT2D eigenvalue weighted by Gasteiger charge is -2.07. The Bertz CT molecular complexity index is 151. The van der Waals surface area contributed by atoms with Gasteiger partial charge in [0.1, 0.15) is 0 Å². The maximum atomic E-state index is 10.3. The Labute approximate surface area is 66.7 Å². The smallest absolute Gasteiger partial charge is 0.330 e. The van der Waals surface area contributed by atoms with Gasteiger partial charge in [0.15, 0.2) is 0 Å². The molecule has 64 valence electrons. The van der Waals surface area contributed by atoms with Gasteiger partial charge in [-0.05, 0) is 19.8 Å². The van der Waals surface area contributed by atoms with E-state index in [1.807, 2.05) is 6.92 Å². The Kier molecular flexibility index (Phi) is 4.54. The predicted octanol–water partition coefficient (Wildman–Crippen LogP) is 1.44. The average Bonchev–Trinajstić information content (AvgIpc) is 1.99. The summed E-state index contributed by atoms with van der Waals surface area (Å²) in [5.41, 5.74) is 0.244. The van der Waals surface area contributed by atoms with Crippen LogP contribution < -0.4 is 0 Å². The molecule has 0 saturated heterocycles. The highest BCUT2D eigenvalue weighted by molar-refractivity contribution is 5.85. The Hall–Kier alpha value is -0.830. The van der Waals surface area contributed by atoms with Gasteiger partial charge in [0, 0.05) is 12.7 Å². The van der Waals surface area contributed by atoms with Gasteiger partial charge in [-0.2, -0.15) is 0 Å². The van der Waals surface area contributed by atoms with E-state index >= 15 is 0 Å². The maximum Gasteiger partial charge on any atom is 0.330 e. The van der Waals surface area contributed by atoms with E-state index in [2.05, 4.69) is 6.58 Å². The van der Waals surface area contributed by atoms with Crippen molar-refractivity contribution in [2.24, 2.45) is 0 Å². The number of hydrogen-bond donors (Lipinski definition) is 1. The van der Waals surface area contributed by atoms with Crippen molar-refractivity contribution in [2.75, 3.05) is 7.11 Å². The Morgan fingerprint density at radius 1 is 1.73 bits per heavy atom. The minimum Gasteiger partial charge on any atom is -0.478 e. The number of carbonyl (C=O) groups is 1. The van der Waals surface area contributed by atoms with Crippen molar-refractivity contribution >= 4 is 5.97 Å². The molecule has 0 aromatic heterocycles. The van der Waals surface area contributed by atoms with Crippen LogP contribution >= 0.6 is 0 Å². The van der Waals surface area contributed by atoms with Gasteiger partial charge in [-0.25, -0.2) is 4.79 Å². The van der Waals surface area contributed by atoms with Crippen molar-refractivity contribution < 1.29 is 14.6 Å². The van der Waals surface area contributed by atoms with Gasteiger partial charge in [0.25, 0.3) is 0 Å². The molecule has 1 atom stereocenters. The standard InChI is InChI=1S/C8H14O3/c1-6(8(9)10)4-5-7(2)11-3/h7H,1,4-5H2,2-3H3,(H,9,10). The maximum absolute atomic E-state index is 10.3. The molecule has 0 heterocycles. The summed E-state index contributed by atoms with van der Waals surface area (Å²) in [5.74, 6) is -0.923. The Morgan fingerprint density at radius 3 is 2.64 bits per heavy atom. The highest BCUT2D eigenvalue weighted by atomic mass is 16.5. The second-order valence-electron chi connectivity index (χ2n) is 2.49. The number of rotatable bonds is 5. The quantitative estimate of drug-likeness (QED) is 0.616. The lowest BCUT2D eigenvalue weighted by molar-refractivity contribution is -0.132. The van der Waals surface area contributed by atoms with Crippen molar-refractivity contribution in [1.29, 1.82) is 0 Å². The monoisotopic (exact) mass is 158 g/mol. The molecular formula is C8H14O3. The third-order valence-corrected chi connectivity index (χ3v) is 1.56. The van der Waals surface area contributed by atoms with Gasteiger partial charge in [-0.1, -0.05) is 6.58 Å². The van der Waals surface area contributed by atoms with Crippen molar-refractivity contribution in [3.63, 3.8) is 0 Å².